The van der Waals surface area contributed by atoms with Gasteiger partial charge in [-0.1, -0.05) is 16.8 Å². The molecule has 1 saturated carbocycles. The summed E-state index contributed by atoms with van der Waals surface area (Å²) in [7, 11) is 0. The number of benzene rings is 1. The van der Waals surface area contributed by atoms with Gasteiger partial charge in [-0.15, -0.1) is 0 Å². The van der Waals surface area contributed by atoms with Crippen LogP contribution in [0.3, 0.4) is 0 Å². The molecular weight excluding hydrogens is 282 g/mol. The first kappa shape index (κ1) is 13.0. The quantitative estimate of drug-likeness (QED) is 0.932. The molecule has 3 rings (SSSR count). The molecule has 1 N–H and O–H groups in total. The molecule has 1 aromatic carbocycles. The maximum atomic E-state index is 10.8. The fourth-order valence-electron chi connectivity index (χ4n) is 1.93. The number of carboxylic acid groups (broad SMARTS) is 1. The second kappa shape index (κ2) is 5.17. The highest BCUT2D eigenvalue weighted by molar-refractivity contribution is 6.32. The first-order valence-corrected chi connectivity index (χ1v) is 6.68. The van der Waals surface area contributed by atoms with Gasteiger partial charge in [0.25, 0.3) is 0 Å². The largest absolute Gasteiger partial charge is 0.489 e. The molecule has 104 valence electrons. The van der Waals surface area contributed by atoms with Crippen molar-refractivity contribution in [3.05, 3.63) is 35.0 Å². The number of carbonyl (C=O) groups is 1. The van der Waals surface area contributed by atoms with Crippen LogP contribution in [0.4, 0.5) is 0 Å². The predicted octanol–water partition coefficient (Wildman–Crippen LogP) is 3.62. The van der Waals surface area contributed by atoms with Gasteiger partial charge in [-0.3, -0.25) is 0 Å². The van der Waals surface area contributed by atoms with Crippen LogP contribution in [0.5, 0.6) is 5.75 Å². The Morgan fingerprint density at radius 2 is 2.20 bits per heavy atom. The molecule has 0 atom stereocenters. The van der Waals surface area contributed by atoms with Crippen LogP contribution in [0, 0.1) is 0 Å². The lowest BCUT2D eigenvalue weighted by atomic mass is 9.96. The lowest BCUT2D eigenvalue weighted by Crippen LogP contribution is -2.24. The van der Waals surface area contributed by atoms with Crippen LogP contribution in [0.25, 0.3) is 11.3 Å². The third-order valence-corrected chi connectivity index (χ3v) is 3.59. The van der Waals surface area contributed by atoms with Gasteiger partial charge in [-0.25, -0.2) is 4.79 Å². The Balaban J connectivity index is 1.83. The van der Waals surface area contributed by atoms with Crippen LogP contribution < -0.4 is 4.74 Å². The van der Waals surface area contributed by atoms with Crippen molar-refractivity contribution >= 4 is 17.6 Å². The summed E-state index contributed by atoms with van der Waals surface area (Å²) in [4.78, 5) is 10.8. The Kier molecular flexibility index (Phi) is 3.36. The summed E-state index contributed by atoms with van der Waals surface area (Å²) in [5.74, 6) is -0.131. The lowest BCUT2D eigenvalue weighted by Gasteiger charge is -2.26. The van der Waals surface area contributed by atoms with Crippen molar-refractivity contribution in [2.24, 2.45) is 0 Å². The number of ether oxygens (including phenoxy) is 1. The molecule has 20 heavy (non-hydrogen) atoms. The fourth-order valence-corrected chi connectivity index (χ4v) is 2.16. The number of halogens is 1. The third kappa shape index (κ3) is 2.49. The van der Waals surface area contributed by atoms with Crippen molar-refractivity contribution in [3.63, 3.8) is 0 Å². The topological polar surface area (TPSA) is 72.6 Å². The molecule has 6 heteroatoms. The summed E-state index contributed by atoms with van der Waals surface area (Å²) in [6.07, 6.45) is 3.56. The maximum absolute atomic E-state index is 10.8. The summed E-state index contributed by atoms with van der Waals surface area (Å²) in [5, 5.41) is 12.7. The lowest BCUT2D eigenvalue weighted by molar-refractivity contribution is 0.0686. The standard InChI is InChI=1S/C14H12ClNO4/c15-10-6-8(13-7-11(14(17)18)16-20-13)4-5-12(10)19-9-2-1-3-9/h4-7,9H,1-3H2,(H,17,18). The minimum absolute atomic E-state index is 0.133. The summed E-state index contributed by atoms with van der Waals surface area (Å²) < 4.78 is 10.7. The molecule has 1 heterocycles. The number of hydrogen-bond acceptors (Lipinski definition) is 4. The first-order valence-electron chi connectivity index (χ1n) is 6.30. The molecule has 0 saturated heterocycles. The third-order valence-electron chi connectivity index (χ3n) is 3.29. The normalized spacial score (nSPS) is 14.8. The van der Waals surface area contributed by atoms with E-state index < -0.39 is 5.97 Å². The van der Waals surface area contributed by atoms with Crippen molar-refractivity contribution in [2.75, 3.05) is 0 Å². The van der Waals surface area contributed by atoms with E-state index in [4.69, 9.17) is 26.0 Å². The summed E-state index contributed by atoms with van der Waals surface area (Å²) in [5.41, 5.74) is 0.530. The second-order valence-electron chi connectivity index (χ2n) is 4.70. The van der Waals surface area contributed by atoms with Crippen LogP contribution in [-0.2, 0) is 0 Å². The van der Waals surface area contributed by atoms with E-state index in [1.54, 1.807) is 18.2 Å². The fraction of sp³-hybridized carbons (Fsp3) is 0.286. The minimum atomic E-state index is -1.13. The van der Waals surface area contributed by atoms with Gasteiger partial charge in [0.15, 0.2) is 11.5 Å². The van der Waals surface area contributed by atoms with Crippen molar-refractivity contribution in [3.8, 4) is 17.1 Å². The molecule has 0 radical (unpaired) electrons. The molecular formula is C14H12ClNO4. The summed E-state index contributed by atoms with van der Waals surface area (Å²) >= 11 is 6.17. The van der Waals surface area contributed by atoms with Gasteiger partial charge < -0.3 is 14.4 Å². The number of hydrogen-bond donors (Lipinski definition) is 1. The highest BCUT2D eigenvalue weighted by atomic mass is 35.5. The zero-order valence-electron chi connectivity index (χ0n) is 10.5. The van der Waals surface area contributed by atoms with E-state index in [2.05, 4.69) is 5.16 Å². The van der Waals surface area contributed by atoms with Gasteiger partial charge in [0.05, 0.1) is 11.1 Å². The Labute approximate surface area is 120 Å². The van der Waals surface area contributed by atoms with Crippen molar-refractivity contribution in [2.45, 2.75) is 25.4 Å². The molecule has 0 spiro atoms. The maximum Gasteiger partial charge on any atom is 0.358 e. The van der Waals surface area contributed by atoms with Crippen LogP contribution in [0.1, 0.15) is 29.8 Å². The van der Waals surface area contributed by atoms with E-state index in [0.717, 1.165) is 12.8 Å². The molecule has 0 unspecified atom stereocenters. The van der Waals surface area contributed by atoms with E-state index in [1.807, 2.05) is 0 Å². The van der Waals surface area contributed by atoms with Crippen molar-refractivity contribution in [1.29, 1.82) is 0 Å². The Hall–Kier alpha value is -2.01. The molecule has 0 amide bonds. The molecule has 0 aliphatic heterocycles. The Bertz CT molecular complexity index is 648. The molecule has 0 bridgehead atoms. The van der Waals surface area contributed by atoms with E-state index in [0.29, 0.717) is 22.1 Å². The Morgan fingerprint density at radius 1 is 1.40 bits per heavy atom. The average molecular weight is 294 g/mol. The van der Waals surface area contributed by atoms with Gasteiger partial charge in [0.1, 0.15) is 5.75 Å². The van der Waals surface area contributed by atoms with Crippen LogP contribution in [0.15, 0.2) is 28.8 Å². The number of aromatic nitrogens is 1. The SMILES string of the molecule is O=C(O)c1cc(-c2ccc(OC3CCC3)c(Cl)c2)on1. The second-order valence-corrected chi connectivity index (χ2v) is 5.10. The number of nitrogens with zero attached hydrogens (tertiary/aromatic N) is 1. The molecule has 1 aromatic heterocycles. The van der Waals surface area contributed by atoms with E-state index in [1.165, 1.54) is 12.5 Å². The van der Waals surface area contributed by atoms with Gasteiger partial charge in [-0.05, 0) is 37.5 Å². The van der Waals surface area contributed by atoms with E-state index >= 15 is 0 Å². The number of carboxylic acids is 1. The number of aromatic carboxylic acids is 1. The van der Waals surface area contributed by atoms with E-state index in [9.17, 15) is 4.79 Å². The van der Waals surface area contributed by atoms with Gasteiger partial charge in [0, 0.05) is 11.6 Å². The summed E-state index contributed by atoms with van der Waals surface area (Å²) in [6.45, 7) is 0. The van der Waals surface area contributed by atoms with Crippen molar-refractivity contribution in [1.82, 2.24) is 5.16 Å². The first-order chi connectivity index (χ1) is 9.63. The van der Waals surface area contributed by atoms with Crippen LogP contribution >= 0.6 is 11.6 Å². The monoisotopic (exact) mass is 293 g/mol. The summed E-state index contributed by atoms with van der Waals surface area (Å²) in [6, 6.07) is 6.58. The average Bonchev–Trinajstić information content (AvgIpc) is 2.84. The molecule has 5 nitrogen and oxygen atoms in total. The minimum Gasteiger partial charge on any atom is -0.489 e. The highest BCUT2D eigenvalue weighted by Crippen LogP contribution is 2.34. The molecule has 1 fully saturated rings. The molecule has 1 aliphatic rings. The zero-order valence-corrected chi connectivity index (χ0v) is 11.3. The van der Waals surface area contributed by atoms with Gasteiger partial charge in [-0.2, -0.15) is 0 Å². The highest BCUT2D eigenvalue weighted by Gasteiger charge is 2.20. The van der Waals surface area contributed by atoms with Crippen LogP contribution in [-0.4, -0.2) is 22.3 Å². The van der Waals surface area contributed by atoms with Crippen LogP contribution in [0.2, 0.25) is 5.02 Å². The van der Waals surface area contributed by atoms with Gasteiger partial charge >= 0.3 is 5.97 Å². The van der Waals surface area contributed by atoms with Gasteiger partial charge in [0.2, 0.25) is 0 Å². The molecule has 1 aliphatic carbocycles. The van der Waals surface area contributed by atoms with E-state index in [-0.39, 0.29) is 11.8 Å². The number of rotatable bonds is 4. The Morgan fingerprint density at radius 3 is 2.75 bits per heavy atom. The zero-order chi connectivity index (χ0) is 14.1. The van der Waals surface area contributed by atoms with Crippen molar-refractivity contribution < 1.29 is 19.2 Å². The smallest absolute Gasteiger partial charge is 0.358 e. The molecule has 2 aromatic rings. The predicted molar refractivity (Wildman–Crippen MR) is 72.2 cm³/mol.